The first-order chi connectivity index (χ1) is 2.77. The molecule has 0 fully saturated rings. The minimum atomic E-state index is -1.10. The number of hydrogen-bond donors (Lipinski definition) is 0. The predicted octanol–water partition coefficient (Wildman–Crippen LogP) is 1.44. The molecule has 0 spiro atoms. The summed E-state index contributed by atoms with van der Waals surface area (Å²) in [7, 11) is 3.92. The predicted molar refractivity (Wildman–Crippen MR) is 29.6 cm³/mol. The quantitative estimate of drug-likeness (QED) is 0.360. The molecular weight excluding hydrogens is 91.8 g/mol. The Hall–Kier alpha value is 0.0749. The molecule has 0 heterocycles. The van der Waals surface area contributed by atoms with Gasteiger partial charge in [0.15, 0.2) is 7.57 Å². The third-order valence-corrected chi connectivity index (χ3v) is 1.36. The Bertz CT molecular complexity index is 82.5. The highest BCUT2D eigenvalue weighted by atomic mass is 31.1. The second-order valence-corrected chi connectivity index (χ2v) is 2.49. The summed E-state index contributed by atoms with van der Waals surface area (Å²) in [6.45, 7) is 2.00. The van der Waals surface area contributed by atoms with Crippen LogP contribution in [-0.2, 0) is 0 Å². The van der Waals surface area contributed by atoms with Gasteiger partial charge in [-0.25, -0.2) is 0 Å². The van der Waals surface area contributed by atoms with Crippen molar-refractivity contribution in [2.75, 3.05) is 6.16 Å². The molecule has 0 amide bonds. The largest absolute Gasteiger partial charge is 0.258 e. The number of hydrogen-bond acceptors (Lipinski definition) is 1. The van der Waals surface area contributed by atoms with Gasteiger partial charge in [0.1, 0.15) is 0 Å². The molecule has 0 aliphatic rings. The van der Waals surface area contributed by atoms with Gasteiger partial charge >= 0.3 is 0 Å². The molecule has 0 aromatic heterocycles. The van der Waals surface area contributed by atoms with Crippen molar-refractivity contribution in [3.05, 3.63) is 0 Å². The number of nitrogens with zero attached hydrogens (tertiary/aromatic N) is 1. The highest BCUT2D eigenvalue weighted by Crippen LogP contribution is 2.07. The monoisotopic (exact) mass is 99.0 g/mol. The van der Waals surface area contributed by atoms with E-state index in [1.54, 1.807) is 0 Å². The Labute approximate surface area is 40.5 Å². The molecule has 0 rings (SSSR count). The smallest absolute Gasteiger partial charge is 0.189 e. The molecule has 0 aliphatic carbocycles. The first-order valence-electron chi connectivity index (χ1n) is 1.98. The van der Waals surface area contributed by atoms with Crippen LogP contribution in [0.1, 0.15) is 13.3 Å². The molecule has 2 radical (unpaired) electrons. The highest BCUT2D eigenvalue weighted by molar-refractivity contribution is 7.70. The topological polar surface area (TPSA) is 23.8 Å². The maximum atomic E-state index is 8.39. The summed E-state index contributed by atoms with van der Waals surface area (Å²) in [6, 6.07) is 0. The summed E-state index contributed by atoms with van der Waals surface area (Å²) in [4.78, 5) is 0. The second-order valence-electron chi connectivity index (χ2n) is 1.16. The normalized spacial score (nSPS) is 11.0. The van der Waals surface area contributed by atoms with E-state index >= 15 is 0 Å². The van der Waals surface area contributed by atoms with Crippen molar-refractivity contribution in [3.63, 3.8) is 0 Å². The van der Waals surface area contributed by atoms with E-state index in [0.717, 1.165) is 12.6 Å². The fourth-order valence-corrected chi connectivity index (χ4v) is 0.687. The molecule has 0 N–H and O–H groups in total. The summed E-state index contributed by atoms with van der Waals surface area (Å²) in [5.41, 5.74) is 0. The molecule has 0 aromatic carbocycles. The Morgan fingerprint density at radius 1 is 1.83 bits per heavy atom. The van der Waals surface area contributed by atoms with Gasteiger partial charge in [-0.2, -0.15) is 0 Å². The van der Waals surface area contributed by atoms with Gasteiger partial charge < -0.3 is 0 Å². The average molecular weight is 98.9 g/mol. The minimum Gasteiger partial charge on any atom is -0.258 e. The van der Waals surface area contributed by atoms with Crippen molar-refractivity contribution in [1.29, 1.82) is 5.00 Å². The molecule has 0 aliphatic heterocycles. The van der Waals surface area contributed by atoms with Crippen molar-refractivity contribution >= 4 is 15.0 Å². The second kappa shape index (κ2) is 3.27. The van der Waals surface area contributed by atoms with Crippen LogP contribution in [0, 0.1) is 5.00 Å². The molecule has 1 nitrogen and oxygen atoms in total. The Kier molecular flexibility index (Phi) is 3.31. The molecule has 6 heavy (non-hydrogen) atoms. The van der Waals surface area contributed by atoms with Gasteiger partial charge in [0.05, 0.1) is 0 Å². The zero-order valence-corrected chi connectivity index (χ0v) is 4.78. The molecule has 0 saturated heterocycles. The van der Waals surface area contributed by atoms with E-state index in [1.165, 1.54) is 0 Å². The summed E-state index contributed by atoms with van der Waals surface area (Å²) >= 11 is 0. The van der Waals surface area contributed by atoms with Crippen LogP contribution in [0.5, 0.6) is 0 Å². The molecule has 1 atom stereocenters. The van der Waals surface area contributed by atoms with E-state index in [2.05, 4.69) is 0 Å². The van der Waals surface area contributed by atoms with Gasteiger partial charge in [-0.05, 0) is 13.9 Å². The van der Waals surface area contributed by atoms with Gasteiger partial charge in [-0.3, -0.25) is 5.00 Å². The average Bonchev–Trinajstić information content (AvgIpc) is 1.35. The van der Waals surface area contributed by atoms with Crippen molar-refractivity contribution in [2.24, 2.45) is 0 Å². The Morgan fingerprint density at radius 2 is 2.33 bits per heavy atom. The molecule has 0 aromatic rings. The van der Waals surface area contributed by atoms with E-state index in [0.29, 0.717) is 0 Å². The van der Waals surface area contributed by atoms with Crippen LogP contribution >= 0.6 is 7.44 Å². The van der Waals surface area contributed by atoms with Gasteiger partial charge in [0.2, 0.25) is 0 Å². The Balaban J connectivity index is 2.91. The fourth-order valence-electron chi connectivity index (χ4n) is 0.229. The Morgan fingerprint density at radius 3 is 2.33 bits per heavy atom. The van der Waals surface area contributed by atoms with Gasteiger partial charge in [-0.1, -0.05) is 6.92 Å². The third-order valence-electron chi connectivity index (χ3n) is 0.453. The minimum absolute atomic E-state index is 0.773. The van der Waals surface area contributed by atoms with E-state index in [-0.39, 0.29) is 0 Å². The van der Waals surface area contributed by atoms with Gasteiger partial charge in [0, 0.05) is 6.16 Å². The SMILES string of the molecule is [B]P(#N)CCC. The van der Waals surface area contributed by atoms with Gasteiger partial charge in [-0.15, -0.1) is 0 Å². The van der Waals surface area contributed by atoms with E-state index < -0.39 is 7.44 Å². The van der Waals surface area contributed by atoms with E-state index in [1.807, 2.05) is 6.92 Å². The third kappa shape index (κ3) is 4.07. The van der Waals surface area contributed by atoms with Crippen molar-refractivity contribution < 1.29 is 0 Å². The lowest BCUT2D eigenvalue weighted by molar-refractivity contribution is 1.10. The summed E-state index contributed by atoms with van der Waals surface area (Å²) in [6.07, 6.45) is 1.76. The van der Waals surface area contributed by atoms with E-state index in [9.17, 15) is 0 Å². The molecular formula is C3H7BNP. The van der Waals surface area contributed by atoms with Crippen LogP contribution in [-0.4, -0.2) is 13.7 Å². The number of rotatable bonds is 1. The molecule has 3 heteroatoms. The molecule has 1 unspecified atom stereocenters. The van der Waals surface area contributed by atoms with E-state index in [4.69, 9.17) is 12.6 Å². The van der Waals surface area contributed by atoms with Crippen LogP contribution in [0.3, 0.4) is 0 Å². The van der Waals surface area contributed by atoms with Crippen LogP contribution in [0.25, 0.3) is 0 Å². The van der Waals surface area contributed by atoms with Gasteiger partial charge in [0.25, 0.3) is 0 Å². The fraction of sp³-hybridized carbons (Fsp3) is 1.00. The molecule has 0 saturated carbocycles. The maximum absolute atomic E-state index is 8.39. The standard InChI is InChI=1S/C3H7BNP/c1-2-3-6(4)5/h2-3H2,1H3. The first kappa shape index (κ1) is 6.07. The van der Waals surface area contributed by atoms with Crippen LogP contribution in [0.15, 0.2) is 0 Å². The van der Waals surface area contributed by atoms with Crippen molar-refractivity contribution in [3.8, 4) is 0 Å². The lowest BCUT2D eigenvalue weighted by Gasteiger charge is -1.80. The summed E-state index contributed by atoms with van der Waals surface area (Å²) < 4.78 is 0. The molecule has 32 valence electrons. The zero-order valence-electron chi connectivity index (χ0n) is 3.89. The lowest BCUT2D eigenvalue weighted by Crippen LogP contribution is -1.66. The van der Waals surface area contributed by atoms with Crippen molar-refractivity contribution in [1.82, 2.24) is 0 Å². The zero-order chi connectivity index (χ0) is 4.99. The highest BCUT2D eigenvalue weighted by Gasteiger charge is 1.78. The first-order valence-corrected chi connectivity index (χ1v) is 3.53. The van der Waals surface area contributed by atoms with Crippen LogP contribution in [0.2, 0.25) is 0 Å². The van der Waals surface area contributed by atoms with Crippen LogP contribution < -0.4 is 0 Å². The maximum Gasteiger partial charge on any atom is 0.189 e. The molecule has 0 bridgehead atoms. The summed E-state index contributed by atoms with van der Waals surface area (Å²) in [5, 5.41) is 8.39. The van der Waals surface area contributed by atoms with Crippen LogP contribution in [0.4, 0.5) is 0 Å². The lowest BCUT2D eigenvalue weighted by atomic mass is 10.6. The summed E-state index contributed by atoms with van der Waals surface area (Å²) in [5.74, 6) is 0. The van der Waals surface area contributed by atoms with Crippen molar-refractivity contribution in [2.45, 2.75) is 13.3 Å².